The SMILES string of the molecule is CCOCC(=O)NCc1ccn(C)c1. The molecule has 1 amide bonds. The molecule has 78 valence electrons. The lowest BCUT2D eigenvalue weighted by Crippen LogP contribution is -2.26. The molecular weight excluding hydrogens is 180 g/mol. The van der Waals surface area contributed by atoms with Crippen LogP contribution in [-0.4, -0.2) is 23.7 Å². The van der Waals surface area contributed by atoms with E-state index in [2.05, 4.69) is 5.32 Å². The van der Waals surface area contributed by atoms with E-state index in [-0.39, 0.29) is 12.5 Å². The van der Waals surface area contributed by atoms with E-state index >= 15 is 0 Å². The first-order valence-corrected chi connectivity index (χ1v) is 4.67. The number of nitrogens with one attached hydrogen (secondary N) is 1. The van der Waals surface area contributed by atoms with E-state index in [0.29, 0.717) is 13.2 Å². The molecule has 14 heavy (non-hydrogen) atoms. The van der Waals surface area contributed by atoms with E-state index in [1.165, 1.54) is 0 Å². The van der Waals surface area contributed by atoms with E-state index in [1.807, 2.05) is 37.0 Å². The van der Waals surface area contributed by atoms with Gasteiger partial charge in [-0.15, -0.1) is 0 Å². The summed E-state index contributed by atoms with van der Waals surface area (Å²) in [5.41, 5.74) is 1.09. The molecule has 4 nitrogen and oxygen atoms in total. The van der Waals surface area contributed by atoms with E-state index < -0.39 is 0 Å². The van der Waals surface area contributed by atoms with Crippen molar-refractivity contribution in [2.24, 2.45) is 7.05 Å². The summed E-state index contributed by atoms with van der Waals surface area (Å²) in [6.07, 6.45) is 3.92. The summed E-state index contributed by atoms with van der Waals surface area (Å²) in [7, 11) is 1.95. The van der Waals surface area contributed by atoms with Crippen molar-refractivity contribution in [2.75, 3.05) is 13.2 Å². The fourth-order valence-corrected chi connectivity index (χ4v) is 1.11. The number of carbonyl (C=O) groups excluding carboxylic acids is 1. The molecule has 0 aliphatic rings. The fraction of sp³-hybridized carbons (Fsp3) is 0.500. The van der Waals surface area contributed by atoms with Gasteiger partial charge in [0.1, 0.15) is 6.61 Å². The van der Waals surface area contributed by atoms with Crippen LogP contribution in [0, 0.1) is 0 Å². The van der Waals surface area contributed by atoms with Gasteiger partial charge in [0.15, 0.2) is 0 Å². The average Bonchev–Trinajstić information content (AvgIpc) is 2.58. The molecule has 1 aromatic heterocycles. The van der Waals surface area contributed by atoms with E-state index in [1.54, 1.807) is 0 Å². The molecule has 1 aromatic rings. The van der Waals surface area contributed by atoms with Crippen molar-refractivity contribution in [1.82, 2.24) is 9.88 Å². The van der Waals surface area contributed by atoms with E-state index in [0.717, 1.165) is 5.56 Å². The third kappa shape index (κ3) is 3.62. The molecule has 1 heterocycles. The Morgan fingerprint density at radius 2 is 2.43 bits per heavy atom. The van der Waals surface area contributed by atoms with Gasteiger partial charge in [0.2, 0.25) is 5.91 Å². The summed E-state index contributed by atoms with van der Waals surface area (Å²) >= 11 is 0. The molecule has 0 saturated carbocycles. The van der Waals surface area contributed by atoms with Crippen molar-refractivity contribution in [2.45, 2.75) is 13.5 Å². The Balaban J connectivity index is 2.23. The van der Waals surface area contributed by atoms with E-state index in [9.17, 15) is 4.79 Å². The third-order valence-electron chi connectivity index (χ3n) is 1.82. The van der Waals surface area contributed by atoms with Gasteiger partial charge in [0.05, 0.1) is 0 Å². The molecule has 1 rings (SSSR count). The highest BCUT2D eigenvalue weighted by atomic mass is 16.5. The van der Waals surface area contributed by atoms with Crippen LogP contribution in [0.2, 0.25) is 0 Å². The van der Waals surface area contributed by atoms with Gasteiger partial charge in [-0.2, -0.15) is 0 Å². The molecule has 0 aliphatic carbocycles. The van der Waals surface area contributed by atoms with Crippen LogP contribution in [0.5, 0.6) is 0 Å². The summed E-state index contributed by atoms with van der Waals surface area (Å²) < 4.78 is 6.92. The maximum Gasteiger partial charge on any atom is 0.246 e. The number of nitrogens with zero attached hydrogens (tertiary/aromatic N) is 1. The lowest BCUT2D eigenvalue weighted by molar-refractivity contribution is -0.125. The van der Waals surface area contributed by atoms with Crippen LogP contribution in [-0.2, 0) is 23.1 Å². The Bertz CT molecular complexity index is 294. The second-order valence-corrected chi connectivity index (χ2v) is 3.10. The third-order valence-corrected chi connectivity index (χ3v) is 1.82. The zero-order valence-corrected chi connectivity index (χ0v) is 8.62. The Labute approximate surface area is 83.9 Å². The van der Waals surface area contributed by atoms with Crippen LogP contribution in [0.15, 0.2) is 18.5 Å². The van der Waals surface area contributed by atoms with Crippen LogP contribution in [0.1, 0.15) is 12.5 Å². The maximum absolute atomic E-state index is 11.1. The van der Waals surface area contributed by atoms with Crippen molar-refractivity contribution in [1.29, 1.82) is 0 Å². The molecule has 0 spiro atoms. The number of ether oxygens (including phenoxy) is 1. The average molecular weight is 196 g/mol. The summed E-state index contributed by atoms with van der Waals surface area (Å²) in [4.78, 5) is 11.1. The highest BCUT2D eigenvalue weighted by molar-refractivity contribution is 5.77. The number of aromatic nitrogens is 1. The van der Waals surface area contributed by atoms with Gasteiger partial charge in [-0.3, -0.25) is 4.79 Å². The minimum atomic E-state index is -0.0734. The molecule has 0 unspecified atom stereocenters. The quantitative estimate of drug-likeness (QED) is 0.752. The van der Waals surface area contributed by atoms with Crippen molar-refractivity contribution < 1.29 is 9.53 Å². The number of rotatable bonds is 5. The van der Waals surface area contributed by atoms with Gasteiger partial charge in [0.25, 0.3) is 0 Å². The highest BCUT2D eigenvalue weighted by Crippen LogP contribution is 1.97. The predicted octanol–water partition coefficient (Wildman–Crippen LogP) is 0.678. The largest absolute Gasteiger partial charge is 0.372 e. The molecule has 0 atom stereocenters. The predicted molar refractivity (Wildman–Crippen MR) is 53.8 cm³/mol. The Morgan fingerprint density at radius 3 is 3.00 bits per heavy atom. The standard InChI is InChI=1S/C10H16N2O2/c1-3-14-8-10(13)11-6-9-4-5-12(2)7-9/h4-5,7H,3,6,8H2,1-2H3,(H,11,13). The maximum atomic E-state index is 11.1. The number of carbonyl (C=O) groups is 1. The second-order valence-electron chi connectivity index (χ2n) is 3.10. The van der Waals surface area contributed by atoms with Crippen LogP contribution in [0.3, 0.4) is 0 Å². The van der Waals surface area contributed by atoms with Gasteiger partial charge in [0, 0.05) is 32.6 Å². The first-order valence-electron chi connectivity index (χ1n) is 4.67. The number of hydrogen-bond donors (Lipinski definition) is 1. The topological polar surface area (TPSA) is 43.3 Å². The van der Waals surface area contributed by atoms with Crippen molar-refractivity contribution >= 4 is 5.91 Å². The summed E-state index contributed by atoms with van der Waals surface area (Å²) in [5, 5.41) is 2.77. The number of aryl methyl sites for hydroxylation is 1. The van der Waals surface area contributed by atoms with Gasteiger partial charge >= 0.3 is 0 Å². The smallest absolute Gasteiger partial charge is 0.246 e. The minimum Gasteiger partial charge on any atom is -0.372 e. The van der Waals surface area contributed by atoms with Gasteiger partial charge in [-0.25, -0.2) is 0 Å². The lowest BCUT2D eigenvalue weighted by atomic mass is 10.3. The molecule has 0 aromatic carbocycles. The van der Waals surface area contributed by atoms with Crippen LogP contribution >= 0.6 is 0 Å². The van der Waals surface area contributed by atoms with Gasteiger partial charge in [-0.1, -0.05) is 0 Å². The molecular formula is C10H16N2O2. The summed E-state index contributed by atoms with van der Waals surface area (Å²) in [6.45, 7) is 3.14. The van der Waals surface area contributed by atoms with Crippen molar-refractivity contribution in [3.05, 3.63) is 24.0 Å². The fourth-order valence-electron chi connectivity index (χ4n) is 1.11. The minimum absolute atomic E-state index is 0.0734. The molecule has 1 N–H and O–H groups in total. The number of hydrogen-bond acceptors (Lipinski definition) is 2. The zero-order valence-electron chi connectivity index (χ0n) is 8.62. The molecule has 0 fully saturated rings. The van der Waals surface area contributed by atoms with Crippen molar-refractivity contribution in [3.63, 3.8) is 0 Å². The van der Waals surface area contributed by atoms with Crippen LogP contribution in [0.25, 0.3) is 0 Å². The Kier molecular flexibility index (Phi) is 4.19. The lowest BCUT2D eigenvalue weighted by Gasteiger charge is -2.03. The Morgan fingerprint density at radius 1 is 1.64 bits per heavy atom. The molecule has 4 heteroatoms. The first-order chi connectivity index (χ1) is 6.72. The Hall–Kier alpha value is -1.29. The van der Waals surface area contributed by atoms with Gasteiger partial charge in [-0.05, 0) is 18.6 Å². The monoisotopic (exact) mass is 196 g/mol. The molecule has 0 saturated heterocycles. The summed E-state index contributed by atoms with van der Waals surface area (Å²) in [5.74, 6) is -0.0734. The summed E-state index contributed by atoms with van der Waals surface area (Å²) in [6, 6.07) is 1.97. The van der Waals surface area contributed by atoms with Gasteiger partial charge < -0.3 is 14.6 Å². The second kappa shape index (κ2) is 5.44. The zero-order chi connectivity index (χ0) is 10.4. The van der Waals surface area contributed by atoms with Crippen LogP contribution in [0.4, 0.5) is 0 Å². The number of amides is 1. The molecule has 0 radical (unpaired) electrons. The molecule has 0 bridgehead atoms. The van der Waals surface area contributed by atoms with Crippen molar-refractivity contribution in [3.8, 4) is 0 Å². The van der Waals surface area contributed by atoms with Crippen LogP contribution < -0.4 is 5.32 Å². The van der Waals surface area contributed by atoms with E-state index in [4.69, 9.17) is 4.74 Å². The highest BCUT2D eigenvalue weighted by Gasteiger charge is 2.00. The first kappa shape index (κ1) is 10.8. The normalized spacial score (nSPS) is 10.1. The molecule has 0 aliphatic heterocycles.